The summed E-state index contributed by atoms with van der Waals surface area (Å²) in [4.78, 5) is 15.3. The number of carbonyl (C=O) groups is 1. The first-order chi connectivity index (χ1) is 19.1. The quantitative estimate of drug-likeness (QED) is 0.387. The molecule has 8 heteroatoms. The molecule has 0 spiro atoms. The lowest BCUT2D eigenvalue weighted by Gasteiger charge is -2.29. The summed E-state index contributed by atoms with van der Waals surface area (Å²) in [5.74, 6) is 2.95. The number of hydrogen-bond acceptors (Lipinski definition) is 7. The summed E-state index contributed by atoms with van der Waals surface area (Å²) in [5.41, 5.74) is 2.00. The highest BCUT2D eigenvalue weighted by Crippen LogP contribution is 2.34. The van der Waals surface area contributed by atoms with Gasteiger partial charge in [-0.1, -0.05) is 36.4 Å². The van der Waals surface area contributed by atoms with E-state index in [1.165, 1.54) is 5.56 Å². The Morgan fingerprint density at radius 3 is 2.54 bits per heavy atom. The van der Waals surface area contributed by atoms with Crippen molar-refractivity contribution in [1.29, 1.82) is 0 Å². The van der Waals surface area contributed by atoms with Gasteiger partial charge in [0.25, 0.3) is 0 Å². The molecule has 5 rings (SSSR count). The van der Waals surface area contributed by atoms with Gasteiger partial charge in [-0.25, -0.2) is 0 Å². The number of methoxy groups -OCH3 is 1. The SMILES string of the molecule is COc1ccc(OCCC(=O)N[C@H](CN2CC[C@H](c3ccccc3)C2)C(O)c2ccc3c(c2)OCCO3)cc1. The molecule has 3 aromatic carbocycles. The molecule has 0 saturated carbocycles. The number of nitrogens with zero attached hydrogens (tertiary/aromatic N) is 1. The van der Waals surface area contributed by atoms with E-state index in [2.05, 4.69) is 34.5 Å². The monoisotopic (exact) mass is 532 g/mol. The molecular formula is C31H36N2O6. The molecule has 8 nitrogen and oxygen atoms in total. The van der Waals surface area contributed by atoms with Crippen molar-refractivity contribution in [3.63, 3.8) is 0 Å². The average Bonchev–Trinajstić information content (AvgIpc) is 3.45. The molecule has 2 N–H and O–H groups in total. The van der Waals surface area contributed by atoms with Crippen molar-refractivity contribution in [2.45, 2.75) is 30.9 Å². The van der Waals surface area contributed by atoms with Gasteiger partial charge in [-0.15, -0.1) is 0 Å². The van der Waals surface area contributed by atoms with Crippen molar-refractivity contribution in [2.24, 2.45) is 0 Å². The van der Waals surface area contributed by atoms with E-state index >= 15 is 0 Å². The molecule has 2 aliphatic rings. The van der Waals surface area contributed by atoms with Crippen LogP contribution in [-0.2, 0) is 4.79 Å². The summed E-state index contributed by atoms with van der Waals surface area (Å²) in [6.07, 6.45) is 0.298. The lowest BCUT2D eigenvalue weighted by Crippen LogP contribution is -2.47. The molecule has 0 radical (unpaired) electrons. The van der Waals surface area contributed by atoms with Crippen molar-refractivity contribution >= 4 is 5.91 Å². The van der Waals surface area contributed by atoms with Crippen LogP contribution in [0.25, 0.3) is 0 Å². The third-order valence-corrected chi connectivity index (χ3v) is 7.29. The smallest absolute Gasteiger partial charge is 0.223 e. The summed E-state index contributed by atoms with van der Waals surface area (Å²) < 4.78 is 22.3. The molecule has 3 atom stereocenters. The van der Waals surface area contributed by atoms with Crippen LogP contribution >= 0.6 is 0 Å². The normalized spacial score (nSPS) is 18.3. The van der Waals surface area contributed by atoms with E-state index in [1.54, 1.807) is 7.11 Å². The van der Waals surface area contributed by atoms with E-state index in [1.807, 2.05) is 48.5 Å². The fourth-order valence-corrected chi connectivity index (χ4v) is 5.19. The van der Waals surface area contributed by atoms with E-state index < -0.39 is 12.1 Å². The third kappa shape index (κ3) is 7.02. The lowest BCUT2D eigenvalue weighted by atomic mass is 9.98. The topological polar surface area (TPSA) is 89.5 Å². The van der Waals surface area contributed by atoms with Crippen LogP contribution in [0.1, 0.15) is 36.0 Å². The number of amides is 1. The minimum absolute atomic E-state index is 0.170. The average molecular weight is 533 g/mol. The molecule has 0 aromatic heterocycles. The Morgan fingerprint density at radius 1 is 1.03 bits per heavy atom. The highest BCUT2D eigenvalue weighted by molar-refractivity contribution is 5.76. The summed E-state index contributed by atoms with van der Waals surface area (Å²) in [5, 5.41) is 14.5. The minimum atomic E-state index is -0.914. The number of ether oxygens (including phenoxy) is 4. The highest BCUT2D eigenvalue weighted by atomic mass is 16.6. The Labute approximate surface area is 229 Å². The molecule has 2 heterocycles. The first kappa shape index (κ1) is 26.8. The molecule has 39 heavy (non-hydrogen) atoms. The number of fused-ring (bicyclic) bond motifs is 1. The third-order valence-electron chi connectivity index (χ3n) is 7.29. The van der Waals surface area contributed by atoms with Gasteiger partial charge in [0, 0.05) is 13.1 Å². The van der Waals surface area contributed by atoms with E-state index in [4.69, 9.17) is 18.9 Å². The zero-order valence-electron chi connectivity index (χ0n) is 22.3. The molecule has 1 unspecified atom stereocenters. The predicted octanol–water partition coefficient (Wildman–Crippen LogP) is 3.94. The molecule has 1 saturated heterocycles. The van der Waals surface area contributed by atoms with Gasteiger partial charge in [-0.05, 0) is 66.4 Å². The van der Waals surface area contributed by atoms with Gasteiger partial charge in [0.2, 0.25) is 5.91 Å². The van der Waals surface area contributed by atoms with Gasteiger partial charge in [-0.3, -0.25) is 4.79 Å². The first-order valence-electron chi connectivity index (χ1n) is 13.5. The van der Waals surface area contributed by atoms with Gasteiger partial charge in [0.05, 0.1) is 26.2 Å². The summed E-state index contributed by atoms with van der Waals surface area (Å²) >= 11 is 0. The van der Waals surface area contributed by atoms with Crippen LogP contribution in [0.3, 0.4) is 0 Å². The largest absolute Gasteiger partial charge is 0.497 e. The van der Waals surface area contributed by atoms with Gasteiger partial charge < -0.3 is 34.3 Å². The van der Waals surface area contributed by atoms with Crippen molar-refractivity contribution < 1.29 is 28.8 Å². The Hall–Kier alpha value is -3.75. The number of rotatable bonds is 11. The van der Waals surface area contributed by atoms with Crippen LogP contribution in [0.5, 0.6) is 23.0 Å². The molecule has 2 aliphatic heterocycles. The number of benzene rings is 3. The maximum Gasteiger partial charge on any atom is 0.223 e. The van der Waals surface area contributed by atoms with Crippen molar-refractivity contribution in [3.8, 4) is 23.0 Å². The van der Waals surface area contributed by atoms with E-state index in [-0.39, 0.29) is 18.9 Å². The van der Waals surface area contributed by atoms with E-state index in [0.717, 1.165) is 25.3 Å². The summed E-state index contributed by atoms with van der Waals surface area (Å²) in [7, 11) is 1.61. The fourth-order valence-electron chi connectivity index (χ4n) is 5.19. The minimum Gasteiger partial charge on any atom is -0.497 e. The van der Waals surface area contributed by atoms with Crippen molar-refractivity contribution in [2.75, 3.05) is 46.6 Å². The Bertz CT molecular complexity index is 1220. The fraction of sp³-hybridized carbons (Fsp3) is 0.387. The van der Waals surface area contributed by atoms with E-state index in [9.17, 15) is 9.90 Å². The van der Waals surface area contributed by atoms with Crippen molar-refractivity contribution in [3.05, 3.63) is 83.9 Å². The lowest BCUT2D eigenvalue weighted by molar-refractivity contribution is -0.123. The predicted molar refractivity (Wildman–Crippen MR) is 148 cm³/mol. The van der Waals surface area contributed by atoms with Crippen LogP contribution in [0.4, 0.5) is 0 Å². The molecular weight excluding hydrogens is 496 g/mol. The maximum atomic E-state index is 13.0. The highest BCUT2D eigenvalue weighted by Gasteiger charge is 2.30. The number of carbonyl (C=O) groups excluding carboxylic acids is 1. The number of aliphatic hydroxyl groups excluding tert-OH is 1. The van der Waals surface area contributed by atoms with Crippen LogP contribution < -0.4 is 24.3 Å². The number of aliphatic hydroxyl groups is 1. The Kier molecular flexibility index (Phi) is 8.85. The van der Waals surface area contributed by atoms with Crippen LogP contribution in [-0.4, -0.2) is 68.5 Å². The number of nitrogens with one attached hydrogen (secondary N) is 1. The second-order valence-electron chi connectivity index (χ2n) is 9.95. The summed E-state index contributed by atoms with van der Waals surface area (Å²) in [6.45, 7) is 3.51. The summed E-state index contributed by atoms with van der Waals surface area (Å²) in [6, 6.07) is 22.7. The number of likely N-dealkylation sites (tertiary alicyclic amines) is 1. The Morgan fingerprint density at radius 2 is 1.77 bits per heavy atom. The molecule has 3 aromatic rings. The molecule has 1 fully saturated rings. The first-order valence-corrected chi connectivity index (χ1v) is 13.5. The van der Waals surface area contributed by atoms with Crippen LogP contribution in [0.2, 0.25) is 0 Å². The van der Waals surface area contributed by atoms with Crippen LogP contribution in [0.15, 0.2) is 72.8 Å². The molecule has 206 valence electrons. The van der Waals surface area contributed by atoms with Gasteiger partial charge >= 0.3 is 0 Å². The van der Waals surface area contributed by atoms with Crippen molar-refractivity contribution in [1.82, 2.24) is 10.2 Å². The second-order valence-corrected chi connectivity index (χ2v) is 9.95. The maximum absolute atomic E-state index is 13.0. The molecule has 0 bridgehead atoms. The second kappa shape index (κ2) is 12.9. The standard InChI is InChI=1S/C31H36N2O6/c1-36-25-8-10-26(11-9-25)37-16-14-30(34)32-27(21-33-15-13-24(20-33)22-5-3-2-4-6-22)31(35)23-7-12-28-29(19-23)39-18-17-38-28/h2-12,19,24,27,31,35H,13-18,20-21H2,1H3,(H,32,34)/t24-,27+,31?/m0/s1. The van der Waals surface area contributed by atoms with E-state index in [0.29, 0.717) is 48.5 Å². The molecule has 0 aliphatic carbocycles. The Balaban J connectivity index is 1.23. The van der Waals surface area contributed by atoms with Gasteiger partial charge in [0.1, 0.15) is 30.8 Å². The number of hydrogen-bond donors (Lipinski definition) is 2. The molecule has 1 amide bonds. The zero-order valence-corrected chi connectivity index (χ0v) is 22.3. The van der Waals surface area contributed by atoms with Gasteiger partial charge in [0.15, 0.2) is 11.5 Å². The van der Waals surface area contributed by atoms with Gasteiger partial charge in [-0.2, -0.15) is 0 Å². The zero-order chi connectivity index (χ0) is 27.0. The van der Waals surface area contributed by atoms with Crippen LogP contribution in [0, 0.1) is 0 Å².